The van der Waals surface area contributed by atoms with Crippen LogP contribution in [0.15, 0.2) is 18.2 Å². The van der Waals surface area contributed by atoms with Crippen molar-refractivity contribution in [1.82, 2.24) is 0 Å². The van der Waals surface area contributed by atoms with Gasteiger partial charge in [-0.15, -0.1) is 0 Å². The molecule has 0 unspecified atom stereocenters. The molecule has 0 spiro atoms. The maximum Gasteiger partial charge on any atom is 0.271 e. The quantitative estimate of drug-likeness (QED) is 0.569. The fraction of sp³-hybridized carbons (Fsp3) is 0.538. The van der Waals surface area contributed by atoms with Crippen LogP contribution in [0.4, 0.5) is 11.4 Å². The van der Waals surface area contributed by atoms with Gasteiger partial charge in [-0.3, -0.25) is 10.1 Å². The van der Waals surface area contributed by atoms with E-state index < -0.39 is 11.0 Å². The molecule has 6 nitrogen and oxygen atoms in total. The molecule has 0 fully saturated rings. The van der Waals surface area contributed by atoms with Gasteiger partial charge in [-0.2, -0.15) is 0 Å². The van der Waals surface area contributed by atoms with Crippen molar-refractivity contribution >= 4 is 23.0 Å². The number of aliphatic hydroxyl groups excluding tert-OH is 1. The first-order valence-electron chi connectivity index (χ1n) is 6.33. The van der Waals surface area contributed by atoms with Crippen molar-refractivity contribution in [3.05, 3.63) is 33.3 Å². The molecule has 1 atom stereocenters. The third-order valence-electron chi connectivity index (χ3n) is 2.45. The molecule has 0 aromatic heterocycles. The third-order valence-corrected chi connectivity index (χ3v) is 2.77. The second-order valence-corrected chi connectivity index (χ2v) is 5.29. The molecule has 0 aliphatic carbocycles. The number of nitrogens with one attached hydrogen (secondary N) is 1. The van der Waals surface area contributed by atoms with Gasteiger partial charge >= 0.3 is 0 Å². The minimum atomic E-state index is -0.667. The van der Waals surface area contributed by atoms with Gasteiger partial charge in [0.15, 0.2) is 0 Å². The number of non-ortho nitro benzene ring substituents is 1. The second-order valence-electron chi connectivity index (χ2n) is 4.89. The van der Waals surface area contributed by atoms with E-state index >= 15 is 0 Å². The molecule has 0 saturated carbocycles. The molecule has 0 radical (unpaired) electrons. The monoisotopic (exact) mass is 302 g/mol. The summed E-state index contributed by atoms with van der Waals surface area (Å²) in [7, 11) is 0. The first-order chi connectivity index (χ1) is 9.40. The van der Waals surface area contributed by atoms with E-state index in [9.17, 15) is 15.2 Å². The van der Waals surface area contributed by atoms with Gasteiger partial charge < -0.3 is 15.2 Å². The average molecular weight is 303 g/mol. The van der Waals surface area contributed by atoms with Gasteiger partial charge in [0, 0.05) is 25.3 Å². The highest BCUT2D eigenvalue weighted by molar-refractivity contribution is 6.33. The molecule has 112 valence electrons. The molecule has 20 heavy (non-hydrogen) atoms. The van der Waals surface area contributed by atoms with E-state index in [4.69, 9.17) is 16.3 Å². The number of rotatable bonds is 8. The first kappa shape index (κ1) is 16.7. The Bertz CT molecular complexity index is 454. The van der Waals surface area contributed by atoms with E-state index in [2.05, 4.69) is 5.32 Å². The minimum absolute atomic E-state index is 0.0682. The number of anilines is 1. The van der Waals surface area contributed by atoms with Gasteiger partial charge in [0.05, 0.1) is 28.3 Å². The van der Waals surface area contributed by atoms with E-state index in [1.807, 2.05) is 13.8 Å². The van der Waals surface area contributed by atoms with Crippen LogP contribution in [0.2, 0.25) is 5.02 Å². The molecular weight excluding hydrogens is 284 g/mol. The predicted octanol–water partition coefficient (Wildman–Crippen LogP) is 2.69. The van der Waals surface area contributed by atoms with E-state index in [0.29, 0.717) is 18.2 Å². The largest absolute Gasteiger partial charge is 0.389 e. The zero-order valence-corrected chi connectivity index (χ0v) is 12.3. The molecular formula is C13H19ClN2O4. The molecule has 0 aliphatic rings. The molecule has 7 heteroatoms. The molecule has 0 bridgehead atoms. The molecule has 1 aromatic rings. The Labute approximate surface area is 122 Å². The lowest BCUT2D eigenvalue weighted by Crippen LogP contribution is -2.25. The van der Waals surface area contributed by atoms with E-state index in [-0.39, 0.29) is 23.9 Å². The molecule has 0 amide bonds. The fourth-order valence-corrected chi connectivity index (χ4v) is 1.73. The maximum atomic E-state index is 10.6. The van der Waals surface area contributed by atoms with Crippen LogP contribution in [0.5, 0.6) is 0 Å². The van der Waals surface area contributed by atoms with Crippen molar-refractivity contribution in [2.45, 2.75) is 20.0 Å². The lowest BCUT2D eigenvalue weighted by atomic mass is 10.2. The molecule has 0 heterocycles. The number of aliphatic hydroxyl groups is 1. The lowest BCUT2D eigenvalue weighted by molar-refractivity contribution is -0.384. The topological polar surface area (TPSA) is 84.6 Å². The maximum absolute atomic E-state index is 10.6. The van der Waals surface area contributed by atoms with Crippen LogP contribution < -0.4 is 5.32 Å². The minimum Gasteiger partial charge on any atom is -0.389 e. The number of nitro groups is 1. The highest BCUT2D eigenvalue weighted by Gasteiger charge is 2.11. The molecule has 2 N–H and O–H groups in total. The number of hydrogen-bond acceptors (Lipinski definition) is 5. The van der Waals surface area contributed by atoms with E-state index in [0.717, 1.165) is 0 Å². The zero-order valence-electron chi connectivity index (χ0n) is 11.5. The lowest BCUT2D eigenvalue weighted by Gasteiger charge is -2.14. The summed E-state index contributed by atoms with van der Waals surface area (Å²) in [6, 6.07) is 4.14. The Hall–Kier alpha value is -1.37. The van der Waals surface area contributed by atoms with Crippen molar-refractivity contribution in [2.75, 3.05) is 25.1 Å². The van der Waals surface area contributed by atoms with Gasteiger partial charge in [0.2, 0.25) is 0 Å². The van der Waals surface area contributed by atoms with Crippen molar-refractivity contribution in [1.29, 1.82) is 0 Å². The first-order valence-corrected chi connectivity index (χ1v) is 6.71. The molecule has 0 saturated heterocycles. The van der Waals surface area contributed by atoms with Crippen molar-refractivity contribution in [2.24, 2.45) is 5.92 Å². The molecule has 0 aliphatic heterocycles. The number of benzene rings is 1. The standard InChI is InChI=1S/C13H19ClN2O4/c1-9(2)7-20-8-11(17)6-15-13-4-3-10(16(18)19)5-12(13)14/h3-5,9,11,15,17H,6-8H2,1-2H3/t11-/m1/s1. The summed E-state index contributed by atoms with van der Waals surface area (Å²) in [5.41, 5.74) is 0.474. The predicted molar refractivity (Wildman–Crippen MR) is 78.3 cm³/mol. The van der Waals surface area contributed by atoms with Crippen LogP contribution in [-0.2, 0) is 4.74 Å². The van der Waals surface area contributed by atoms with Crippen LogP contribution in [0.1, 0.15) is 13.8 Å². The molecule has 1 aromatic carbocycles. The summed E-state index contributed by atoms with van der Waals surface area (Å²) in [4.78, 5) is 10.1. The van der Waals surface area contributed by atoms with Gasteiger partial charge in [0.25, 0.3) is 5.69 Å². The smallest absolute Gasteiger partial charge is 0.271 e. The summed E-state index contributed by atoms with van der Waals surface area (Å²) in [5, 5.41) is 23.5. The summed E-state index contributed by atoms with van der Waals surface area (Å²) >= 11 is 5.92. The SMILES string of the molecule is CC(C)COC[C@H](O)CNc1ccc([N+](=O)[O-])cc1Cl. The number of ether oxygens (including phenoxy) is 1. The Morgan fingerprint density at radius 2 is 2.15 bits per heavy atom. The average Bonchev–Trinajstić information content (AvgIpc) is 2.36. The van der Waals surface area contributed by atoms with E-state index in [1.54, 1.807) is 0 Å². The number of hydrogen-bond donors (Lipinski definition) is 2. The normalized spacial score (nSPS) is 12.4. The van der Waals surface area contributed by atoms with Gasteiger partial charge in [-0.05, 0) is 12.0 Å². The Balaban J connectivity index is 2.43. The summed E-state index contributed by atoms with van der Waals surface area (Å²) in [6.45, 7) is 5.14. The second kappa shape index (κ2) is 8.04. The Morgan fingerprint density at radius 3 is 2.70 bits per heavy atom. The highest BCUT2D eigenvalue weighted by Crippen LogP contribution is 2.26. The third kappa shape index (κ3) is 5.73. The van der Waals surface area contributed by atoms with Crippen LogP contribution in [0.3, 0.4) is 0 Å². The van der Waals surface area contributed by atoms with Gasteiger partial charge in [-0.1, -0.05) is 25.4 Å². The number of halogens is 1. The Morgan fingerprint density at radius 1 is 1.45 bits per heavy atom. The highest BCUT2D eigenvalue weighted by atomic mass is 35.5. The van der Waals surface area contributed by atoms with E-state index in [1.165, 1.54) is 18.2 Å². The summed E-state index contributed by atoms with van der Waals surface area (Å²) in [6.07, 6.45) is -0.667. The van der Waals surface area contributed by atoms with Crippen molar-refractivity contribution < 1.29 is 14.8 Å². The van der Waals surface area contributed by atoms with Crippen LogP contribution in [-0.4, -0.2) is 35.9 Å². The Kier molecular flexibility index (Phi) is 6.70. The van der Waals surface area contributed by atoms with Crippen LogP contribution in [0, 0.1) is 16.0 Å². The van der Waals surface area contributed by atoms with Crippen LogP contribution >= 0.6 is 11.6 Å². The fourth-order valence-electron chi connectivity index (χ4n) is 1.49. The molecule has 1 rings (SSSR count). The van der Waals surface area contributed by atoms with Gasteiger partial charge in [-0.25, -0.2) is 0 Å². The van der Waals surface area contributed by atoms with Crippen molar-refractivity contribution in [3.8, 4) is 0 Å². The van der Waals surface area contributed by atoms with Crippen LogP contribution in [0.25, 0.3) is 0 Å². The number of nitrogens with zero attached hydrogens (tertiary/aromatic N) is 1. The zero-order chi connectivity index (χ0) is 15.1. The summed E-state index contributed by atoms with van der Waals surface area (Å²) in [5.74, 6) is 0.416. The number of nitro benzene ring substituents is 1. The van der Waals surface area contributed by atoms with Crippen molar-refractivity contribution in [3.63, 3.8) is 0 Å². The van der Waals surface area contributed by atoms with Gasteiger partial charge in [0.1, 0.15) is 0 Å². The summed E-state index contributed by atoms with van der Waals surface area (Å²) < 4.78 is 5.31.